The highest BCUT2D eigenvalue weighted by Crippen LogP contribution is 2.18. The topological polar surface area (TPSA) is 46.3 Å². The van der Waals surface area contributed by atoms with Gasteiger partial charge in [-0.25, -0.2) is 0 Å². The highest BCUT2D eigenvalue weighted by Gasteiger charge is 2.12. The van der Waals surface area contributed by atoms with Crippen molar-refractivity contribution in [2.75, 3.05) is 12.8 Å². The quantitative estimate of drug-likeness (QED) is 0.794. The third-order valence-corrected chi connectivity index (χ3v) is 3.88. The van der Waals surface area contributed by atoms with Gasteiger partial charge in [-0.3, -0.25) is 4.79 Å². The number of nitrogens with zero attached hydrogens (tertiary/aromatic N) is 2. The lowest BCUT2D eigenvalue weighted by atomic mass is 10.2. The zero-order valence-electron chi connectivity index (χ0n) is 11.9. The van der Waals surface area contributed by atoms with Crippen molar-refractivity contribution in [3.05, 3.63) is 47.3 Å². The molecule has 1 aromatic heterocycles. The Hall–Kier alpha value is -1.75. The van der Waals surface area contributed by atoms with Crippen LogP contribution in [0.15, 0.2) is 39.8 Å². The SMILES string of the molecule is Cc1ccc(SCC(=O)N(C)Cc2cc(C)on2)cc1. The van der Waals surface area contributed by atoms with Crippen molar-refractivity contribution in [3.8, 4) is 0 Å². The van der Waals surface area contributed by atoms with Crippen LogP contribution in [-0.2, 0) is 11.3 Å². The maximum Gasteiger partial charge on any atom is 0.233 e. The molecule has 106 valence electrons. The van der Waals surface area contributed by atoms with Gasteiger partial charge in [0.15, 0.2) is 0 Å². The van der Waals surface area contributed by atoms with Crippen LogP contribution in [0.1, 0.15) is 17.0 Å². The molecule has 1 amide bonds. The molecule has 0 fully saturated rings. The number of amides is 1. The van der Waals surface area contributed by atoms with E-state index in [-0.39, 0.29) is 5.91 Å². The van der Waals surface area contributed by atoms with Crippen molar-refractivity contribution in [1.29, 1.82) is 0 Å². The molecule has 1 heterocycles. The second-order valence-electron chi connectivity index (χ2n) is 4.78. The van der Waals surface area contributed by atoms with Crippen LogP contribution in [0.2, 0.25) is 0 Å². The third-order valence-electron chi connectivity index (χ3n) is 2.88. The van der Waals surface area contributed by atoms with Crippen LogP contribution in [0.25, 0.3) is 0 Å². The summed E-state index contributed by atoms with van der Waals surface area (Å²) in [6.45, 7) is 4.36. The zero-order chi connectivity index (χ0) is 14.5. The minimum atomic E-state index is 0.0798. The smallest absolute Gasteiger partial charge is 0.233 e. The number of aromatic nitrogens is 1. The Morgan fingerprint density at radius 3 is 2.60 bits per heavy atom. The fourth-order valence-electron chi connectivity index (χ4n) is 1.71. The van der Waals surface area contributed by atoms with Gasteiger partial charge < -0.3 is 9.42 Å². The van der Waals surface area contributed by atoms with Gasteiger partial charge in [-0.2, -0.15) is 0 Å². The van der Waals surface area contributed by atoms with Gasteiger partial charge >= 0.3 is 0 Å². The summed E-state index contributed by atoms with van der Waals surface area (Å²) in [5.41, 5.74) is 2.00. The molecule has 20 heavy (non-hydrogen) atoms. The molecule has 0 aliphatic heterocycles. The van der Waals surface area contributed by atoms with E-state index < -0.39 is 0 Å². The van der Waals surface area contributed by atoms with Crippen molar-refractivity contribution in [2.24, 2.45) is 0 Å². The predicted octanol–water partition coefficient (Wildman–Crippen LogP) is 3.04. The highest BCUT2D eigenvalue weighted by molar-refractivity contribution is 8.00. The van der Waals surface area contributed by atoms with Crippen LogP contribution >= 0.6 is 11.8 Å². The summed E-state index contributed by atoms with van der Waals surface area (Å²) < 4.78 is 4.99. The number of carbonyl (C=O) groups excluding carboxylic acids is 1. The Bertz CT molecular complexity index is 578. The van der Waals surface area contributed by atoms with Crippen LogP contribution in [0, 0.1) is 13.8 Å². The molecule has 0 aliphatic carbocycles. The van der Waals surface area contributed by atoms with Gasteiger partial charge in [-0.05, 0) is 26.0 Å². The minimum Gasteiger partial charge on any atom is -0.361 e. The molecule has 0 saturated carbocycles. The molecule has 1 aromatic carbocycles. The Morgan fingerprint density at radius 1 is 1.30 bits per heavy atom. The molecule has 0 aliphatic rings. The van der Waals surface area contributed by atoms with Crippen LogP contribution in [0.4, 0.5) is 0 Å². The molecule has 2 rings (SSSR count). The number of rotatable bonds is 5. The number of benzene rings is 1. The molecule has 0 N–H and O–H groups in total. The number of hydrogen-bond acceptors (Lipinski definition) is 4. The molecule has 0 spiro atoms. The molecule has 0 atom stereocenters. The summed E-state index contributed by atoms with van der Waals surface area (Å²) in [5, 5.41) is 3.89. The van der Waals surface area contributed by atoms with E-state index in [9.17, 15) is 4.79 Å². The summed E-state index contributed by atoms with van der Waals surface area (Å²) in [7, 11) is 1.78. The minimum absolute atomic E-state index is 0.0798. The second-order valence-corrected chi connectivity index (χ2v) is 5.83. The zero-order valence-corrected chi connectivity index (χ0v) is 12.7. The van der Waals surface area contributed by atoms with Gasteiger partial charge in [0.1, 0.15) is 11.5 Å². The monoisotopic (exact) mass is 290 g/mol. The summed E-state index contributed by atoms with van der Waals surface area (Å²) in [6.07, 6.45) is 0. The van der Waals surface area contributed by atoms with Crippen LogP contribution in [0.5, 0.6) is 0 Å². The molecule has 0 unspecified atom stereocenters. The fourth-order valence-corrected chi connectivity index (χ4v) is 2.55. The molecular weight excluding hydrogens is 272 g/mol. The van der Waals surface area contributed by atoms with Crippen LogP contribution in [0.3, 0.4) is 0 Å². The predicted molar refractivity (Wildman–Crippen MR) is 79.6 cm³/mol. The van der Waals surface area contributed by atoms with Crippen molar-refractivity contribution < 1.29 is 9.32 Å². The summed E-state index contributed by atoms with van der Waals surface area (Å²) in [4.78, 5) is 14.8. The Balaban J connectivity index is 1.83. The van der Waals surface area contributed by atoms with E-state index in [1.54, 1.807) is 23.7 Å². The van der Waals surface area contributed by atoms with E-state index in [2.05, 4.69) is 17.3 Å². The maximum absolute atomic E-state index is 12.0. The molecular formula is C15H18N2O2S. The van der Waals surface area contributed by atoms with E-state index in [4.69, 9.17) is 4.52 Å². The van der Waals surface area contributed by atoms with E-state index >= 15 is 0 Å². The first-order valence-corrected chi connectivity index (χ1v) is 7.39. The standard InChI is InChI=1S/C15H18N2O2S/c1-11-4-6-14(7-5-11)20-10-15(18)17(3)9-13-8-12(2)19-16-13/h4-8H,9-10H2,1-3H3. The van der Waals surface area contributed by atoms with Gasteiger partial charge in [-0.1, -0.05) is 22.9 Å². The lowest BCUT2D eigenvalue weighted by molar-refractivity contribution is -0.127. The number of aryl methyl sites for hydroxylation is 2. The van der Waals surface area contributed by atoms with Crippen molar-refractivity contribution >= 4 is 17.7 Å². The highest BCUT2D eigenvalue weighted by atomic mass is 32.2. The normalized spacial score (nSPS) is 10.6. The lowest BCUT2D eigenvalue weighted by Crippen LogP contribution is -2.27. The molecule has 4 nitrogen and oxygen atoms in total. The molecule has 0 radical (unpaired) electrons. The third kappa shape index (κ3) is 4.13. The molecule has 0 saturated heterocycles. The number of carbonyl (C=O) groups is 1. The van der Waals surface area contributed by atoms with Crippen molar-refractivity contribution in [3.63, 3.8) is 0 Å². The van der Waals surface area contributed by atoms with E-state index in [1.807, 2.05) is 32.0 Å². The molecule has 0 bridgehead atoms. The Kier molecular flexibility index (Phi) is 4.84. The first-order valence-electron chi connectivity index (χ1n) is 6.40. The number of thioether (sulfide) groups is 1. The lowest BCUT2D eigenvalue weighted by Gasteiger charge is -2.15. The average Bonchev–Trinajstić information content (AvgIpc) is 2.83. The van der Waals surface area contributed by atoms with Crippen LogP contribution < -0.4 is 0 Å². The largest absolute Gasteiger partial charge is 0.361 e. The van der Waals surface area contributed by atoms with Gasteiger partial charge in [0, 0.05) is 18.0 Å². The second kappa shape index (κ2) is 6.61. The van der Waals surface area contributed by atoms with Crippen molar-refractivity contribution in [2.45, 2.75) is 25.3 Å². The summed E-state index contributed by atoms with van der Waals surface area (Å²) in [5.74, 6) is 1.27. The van der Waals surface area contributed by atoms with Gasteiger partial charge in [0.2, 0.25) is 5.91 Å². The molecule has 5 heteroatoms. The Morgan fingerprint density at radius 2 is 2.00 bits per heavy atom. The Labute approximate surface area is 123 Å². The van der Waals surface area contributed by atoms with Gasteiger partial charge in [0.05, 0.1) is 12.3 Å². The van der Waals surface area contributed by atoms with Gasteiger partial charge in [-0.15, -0.1) is 11.8 Å². The van der Waals surface area contributed by atoms with E-state index in [0.717, 1.165) is 16.3 Å². The first kappa shape index (κ1) is 14.7. The first-order chi connectivity index (χ1) is 9.54. The van der Waals surface area contributed by atoms with Crippen molar-refractivity contribution in [1.82, 2.24) is 10.1 Å². The summed E-state index contributed by atoms with van der Waals surface area (Å²) in [6, 6.07) is 10.0. The summed E-state index contributed by atoms with van der Waals surface area (Å²) >= 11 is 1.55. The maximum atomic E-state index is 12.0. The average molecular weight is 290 g/mol. The van der Waals surface area contributed by atoms with E-state index in [1.165, 1.54) is 5.56 Å². The van der Waals surface area contributed by atoms with Crippen LogP contribution in [-0.4, -0.2) is 28.8 Å². The van der Waals surface area contributed by atoms with Gasteiger partial charge in [0.25, 0.3) is 0 Å². The van der Waals surface area contributed by atoms with E-state index in [0.29, 0.717) is 12.3 Å². The molecule has 2 aromatic rings. The fraction of sp³-hybridized carbons (Fsp3) is 0.333. The number of hydrogen-bond donors (Lipinski definition) is 0.